The molecule has 0 unspecified atom stereocenters. The summed E-state index contributed by atoms with van der Waals surface area (Å²) in [6, 6.07) is 3.91. The molecule has 0 radical (unpaired) electrons. The lowest BCUT2D eigenvalue weighted by Gasteiger charge is -2.05. The topological polar surface area (TPSA) is 74.8 Å². The number of carbonyl (C=O) groups is 1. The van der Waals surface area contributed by atoms with Crippen LogP contribution in [0, 0.1) is 13.8 Å². The quantitative estimate of drug-likeness (QED) is 0.795. The maximum atomic E-state index is 12.0. The molecule has 22 heavy (non-hydrogen) atoms. The van der Waals surface area contributed by atoms with Crippen molar-refractivity contribution in [2.24, 2.45) is 0 Å². The van der Waals surface area contributed by atoms with Crippen LogP contribution in [-0.2, 0) is 6.42 Å². The number of rotatable bonds is 6. The first-order valence-corrected chi connectivity index (χ1v) is 8.26. The Hall–Kier alpha value is -1.66. The molecule has 2 heterocycles. The number of unbranched alkanes of at least 4 members (excludes halogenated alkanes) is 1. The molecule has 2 rings (SSSR count). The number of nitrogens with zero attached hydrogens (tertiary/aromatic N) is 1. The maximum Gasteiger partial charge on any atom is 0.279 e. The predicted molar refractivity (Wildman–Crippen MR) is 88.9 cm³/mol. The Morgan fingerprint density at radius 2 is 2.14 bits per heavy atom. The minimum Gasteiger partial charge on any atom is -0.351 e. The molecule has 2 N–H and O–H groups in total. The summed E-state index contributed by atoms with van der Waals surface area (Å²) in [7, 11) is 0. The Balaban J connectivity index is 1.78. The minimum absolute atomic E-state index is 0.0758. The average molecular weight is 340 g/mol. The van der Waals surface area contributed by atoms with E-state index in [-0.39, 0.29) is 5.69 Å². The van der Waals surface area contributed by atoms with E-state index < -0.39 is 11.5 Å². The molecule has 2 aromatic rings. The van der Waals surface area contributed by atoms with Crippen LogP contribution in [0.5, 0.6) is 0 Å². The highest BCUT2D eigenvalue weighted by Crippen LogP contribution is 2.22. The van der Waals surface area contributed by atoms with Crippen LogP contribution in [-0.4, -0.2) is 22.4 Å². The Labute approximate surface area is 137 Å². The van der Waals surface area contributed by atoms with Gasteiger partial charge in [0.05, 0.1) is 10.0 Å². The molecule has 2 aromatic heterocycles. The molecule has 0 aliphatic rings. The van der Waals surface area contributed by atoms with Gasteiger partial charge in [0.15, 0.2) is 5.69 Å². The van der Waals surface area contributed by atoms with Gasteiger partial charge in [-0.3, -0.25) is 9.59 Å². The number of nitrogens with one attached hydrogen (secondary N) is 2. The zero-order chi connectivity index (χ0) is 16.1. The van der Waals surface area contributed by atoms with Crippen LogP contribution in [0.15, 0.2) is 16.9 Å². The largest absolute Gasteiger partial charge is 0.351 e. The molecule has 0 saturated carbocycles. The number of amides is 1. The molecule has 0 bridgehead atoms. The van der Waals surface area contributed by atoms with E-state index in [1.54, 1.807) is 25.2 Å². The zero-order valence-electron chi connectivity index (χ0n) is 12.5. The summed E-state index contributed by atoms with van der Waals surface area (Å²) in [5.74, 6) is -0.427. The van der Waals surface area contributed by atoms with Gasteiger partial charge in [0.25, 0.3) is 11.5 Å². The van der Waals surface area contributed by atoms with Crippen LogP contribution in [0.4, 0.5) is 0 Å². The molecule has 118 valence electrons. The second-order valence-electron chi connectivity index (χ2n) is 5.04. The van der Waals surface area contributed by atoms with Crippen LogP contribution in [0.2, 0.25) is 4.34 Å². The number of H-pyrrole nitrogens is 1. The molecular formula is C15H18ClN3O2S. The first-order valence-electron chi connectivity index (χ1n) is 7.07. The summed E-state index contributed by atoms with van der Waals surface area (Å²) in [6.45, 7) is 4.03. The lowest BCUT2D eigenvalue weighted by molar-refractivity contribution is 0.0946. The SMILES string of the molecule is Cc1nc(C(=O)NCCCCc2ccc(Cl)s2)c(=O)[nH]c1C. The monoisotopic (exact) mass is 339 g/mol. The van der Waals surface area contributed by atoms with Crippen LogP contribution in [0.25, 0.3) is 0 Å². The first kappa shape index (κ1) is 16.7. The molecular weight excluding hydrogens is 322 g/mol. The van der Waals surface area contributed by atoms with Crippen LogP contribution < -0.4 is 10.9 Å². The summed E-state index contributed by atoms with van der Waals surface area (Å²) < 4.78 is 0.795. The fraction of sp³-hybridized carbons (Fsp3) is 0.400. The summed E-state index contributed by atoms with van der Waals surface area (Å²) in [5.41, 5.74) is 0.803. The summed E-state index contributed by atoms with van der Waals surface area (Å²) in [6.07, 6.45) is 2.73. The van der Waals surface area contributed by atoms with Gasteiger partial charge in [-0.2, -0.15) is 0 Å². The molecule has 0 saturated heterocycles. The van der Waals surface area contributed by atoms with Crippen LogP contribution >= 0.6 is 22.9 Å². The number of halogens is 1. The fourth-order valence-corrected chi connectivity index (χ4v) is 3.10. The standard InChI is InChI=1S/C15H18ClN3O2S/c1-9-10(2)19-15(21)13(18-9)14(20)17-8-4-3-5-11-6-7-12(16)22-11/h6-7H,3-5,8H2,1-2H3,(H,17,20)(H,19,21). The second-order valence-corrected chi connectivity index (χ2v) is 6.84. The number of carbonyl (C=O) groups excluding carboxylic acids is 1. The Morgan fingerprint density at radius 3 is 2.82 bits per heavy atom. The van der Waals surface area contributed by atoms with E-state index in [1.165, 1.54) is 4.88 Å². The summed E-state index contributed by atoms with van der Waals surface area (Å²) in [4.78, 5) is 31.6. The van der Waals surface area contributed by atoms with Crippen molar-refractivity contribution in [3.05, 3.63) is 48.8 Å². The number of aromatic nitrogens is 2. The van der Waals surface area contributed by atoms with Gasteiger partial charge in [-0.25, -0.2) is 4.98 Å². The van der Waals surface area contributed by atoms with Gasteiger partial charge in [-0.05, 0) is 45.2 Å². The highest BCUT2D eigenvalue weighted by atomic mass is 35.5. The van der Waals surface area contributed by atoms with E-state index in [1.807, 2.05) is 12.1 Å². The van der Waals surface area contributed by atoms with Gasteiger partial charge in [0.1, 0.15) is 0 Å². The Kier molecular flexibility index (Phi) is 5.74. The molecule has 0 atom stereocenters. The molecule has 0 fully saturated rings. The van der Waals surface area contributed by atoms with Crippen molar-refractivity contribution < 1.29 is 4.79 Å². The smallest absolute Gasteiger partial charge is 0.279 e. The molecule has 0 aromatic carbocycles. The van der Waals surface area contributed by atoms with Crippen LogP contribution in [0.3, 0.4) is 0 Å². The molecule has 0 aliphatic heterocycles. The maximum absolute atomic E-state index is 12.0. The van der Waals surface area contributed by atoms with E-state index in [0.717, 1.165) is 23.6 Å². The van der Waals surface area contributed by atoms with Crippen molar-refractivity contribution in [1.82, 2.24) is 15.3 Å². The van der Waals surface area contributed by atoms with Crippen molar-refractivity contribution in [1.29, 1.82) is 0 Å². The van der Waals surface area contributed by atoms with E-state index in [2.05, 4.69) is 15.3 Å². The van der Waals surface area contributed by atoms with Crippen molar-refractivity contribution >= 4 is 28.8 Å². The van der Waals surface area contributed by atoms with Crippen molar-refractivity contribution in [3.8, 4) is 0 Å². The molecule has 5 nitrogen and oxygen atoms in total. The number of aromatic amines is 1. The van der Waals surface area contributed by atoms with E-state index in [9.17, 15) is 9.59 Å². The van der Waals surface area contributed by atoms with Crippen LogP contribution in [0.1, 0.15) is 39.6 Å². The van der Waals surface area contributed by atoms with Gasteiger partial charge < -0.3 is 10.3 Å². The second kappa shape index (κ2) is 7.56. The number of thiophene rings is 1. The number of hydrogen-bond acceptors (Lipinski definition) is 4. The molecule has 1 amide bonds. The highest BCUT2D eigenvalue weighted by Gasteiger charge is 2.13. The van der Waals surface area contributed by atoms with Crippen molar-refractivity contribution in [2.75, 3.05) is 6.54 Å². The predicted octanol–water partition coefficient (Wildman–Crippen LogP) is 2.85. The average Bonchev–Trinajstić information content (AvgIpc) is 2.88. The summed E-state index contributed by atoms with van der Waals surface area (Å²) in [5, 5.41) is 2.73. The van der Waals surface area contributed by atoms with Gasteiger partial charge in [0.2, 0.25) is 0 Å². The Morgan fingerprint density at radius 1 is 1.36 bits per heavy atom. The normalized spacial score (nSPS) is 10.7. The third kappa shape index (κ3) is 4.42. The van der Waals surface area contributed by atoms with Gasteiger partial charge >= 0.3 is 0 Å². The lowest BCUT2D eigenvalue weighted by atomic mass is 10.2. The summed E-state index contributed by atoms with van der Waals surface area (Å²) >= 11 is 7.45. The molecule has 0 spiro atoms. The van der Waals surface area contributed by atoms with Gasteiger partial charge in [0, 0.05) is 17.1 Å². The first-order chi connectivity index (χ1) is 10.5. The third-order valence-corrected chi connectivity index (χ3v) is 4.61. The van der Waals surface area contributed by atoms with Crippen molar-refractivity contribution in [2.45, 2.75) is 33.1 Å². The van der Waals surface area contributed by atoms with E-state index >= 15 is 0 Å². The van der Waals surface area contributed by atoms with Crippen molar-refractivity contribution in [3.63, 3.8) is 0 Å². The van der Waals surface area contributed by atoms with Gasteiger partial charge in [-0.1, -0.05) is 11.6 Å². The minimum atomic E-state index is -0.450. The van der Waals surface area contributed by atoms with E-state index in [0.29, 0.717) is 17.9 Å². The highest BCUT2D eigenvalue weighted by molar-refractivity contribution is 7.16. The van der Waals surface area contributed by atoms with Gasteiger partial charge in [-0.15, -0.1) is 11.3 Å². The number of aryl methyl sites for hydroxylation is 3. The fourth-order valence-electron chi connectivity index (χ4n) is 1.97. The lowest BCUT2D eigenvalue weighted by Crippen LogP contribution is -2.32. The number of hydrogen-bond donors (Lipinski definition) is 2. The zero-order valence-corrected chi connectivity index (χ0v) is 14.1. The molecule has 0 aliphatic carbocycles. The third-order valence-electron chi connectivity index (χ3n) is 3.32. The van der Waals surface area contributed by atoms with E-state index in [4.69, 9.17) is 11.6 Å². The Bertz CT molecular complexity index is 724. The molecule has 7 heteroatoms.